The van der Waals surface area contributed by atoms with Crippen molar-refractivity contribution < 1.29 is 13.9 Å². The van der Waals surface area contributed by atoms with E-state index in [0.717, 1.165) is 24.5 Å². The Balaban J connectivity index is 2.03. The van der Waals surface area contributed by atoms with Crippen molar-refractivity contribution in [1.29, 1.82) is 5.26 Å². The Morgan fingerprint density at radius 1 is 1.26 bits per heavy atom. The van der Waals surface area contributed by atoms with Crippen LogP contribution in [0.3, 0.4) is 0 Å². The molecule has 2 aromatic carbocycles. The first kappa shape index (κ1) is 16.4. The Bertz CT molecular complexity index is 758. The summed E-state index contributed by atoms with van der Waals surface area (Å²) in [6.07, 6.45) is 5.94. The SMILES string of the molecule is CC=CCCc1ccc(C(=O)Oc2ccc(C#N)c(F)c2)cc1. The van der Waals surface area contributed by atoms with Crippen LogP contribution in [0, 0.1) is 17.1 Å². The van der Waals surface area contributed by atoms with Gasteiger partial charge in [-0.2, -0.15) is 5.26 Å². The molecule has 0 unspecified atom stereocenters. The zero-order valence-corrected chi connectivity index (χ0v) is 12.8. The average molecular weight is 309 g/mol. The van der Waals surface area contributed by atoms with E-state index in [4.69, 9.17) is 10.00 Å². The molecule has 0 atom stereocenters. The van der Waals surface area contributed by atoms with E-state index in [1.54, 1.807) is 18.2 Å². The van der Waals surface area contributed by atoms with Crippen LogP contribution in [0.15, 0.2) is 54.6 Å². The second kappa shape index (κ2) is 7.90. The second-order valence-corrected chi connectivity index (χ2v) is 4.95. The first-order valence-corrected chi connectivity index (χ1v) is 7.26. The van der Waals surface area contributed by atoms with Crippen molar-refractivity contribution in [2.24, 2.45) is 0 Å². The minimum atomic E-state index is -0.711. The summed E-state index contributed by atoms with van der Waals surface area (Å²) in [7, 11) is 0. The lowest BCUT2D eigenvalue weighted by Crippen LogP contribution is -2.08. The zero-order chi connectivity index (χ0) is 16.7. The molecule has 0 amide bonds. The summed E-state index contributed by atoms with van der Waals surface area (Å²) in [5.74, 6) is -1.20. The number of benzene rings is 2. The molecule has 2 aromatic rings. The summed E-state index contributed by atoms with van der Waals surface area (Å²) in [5.41, 5.74) is 1.43. The van der Waals surface area contributed by atoms with Gasteiger partial charge in [0.05, 0.1) is 11.1 Å². The van der Waals surface area contributed by atoms with E-state index in [2.05, 4.69) is 6.08 Å². The van der Waals surface area contributed by atoms with E-state index in [1.807, 2.05) is 25.1 Å². The van der Waals surface area contributed by atoms with Crippen molar-refractivity contribution in [2.75, 3.05) is 0 Å². The van der Waals surface area contributed by atoms with Gasteiger partial charge in [0, 0.05) is 6.07 Å². The molecule has 0 fully saturated rings. The van der Waals surface area contributed by atoms with Gasteiger partial charge in [0.1, 0.15) is 17.6 Å². The zero-order valence-electron chi connectivity index (χ0n) is 12.8. The van der Waals surface area contributed by atoms with E-state index in [-0.39, 0.29) is 11.3 Å². The van der Waals surface area contributed by atoms with Gasteiger partial charge in [-0.15, -0.1) is 0 Å². The number of hydrogen-bond donors (Lipinski definition) is 0. The third kappa shape index (κ3) is 4.52. The number of aryl methyl sites for hydroxylation is 1. The monoisotopic (exact) mass is 309 g/mol. The number of allylic oxidation sites excluding steroid dienone is 2. The molecule has 23 heavy (non-hydrogen) atoms. The molecule has 0 spiro atoms. The molecule has 0 aromatic heterocycles. The normalized spacial score (nSPS) is 10.5. The quantitative estimate of drug-likeness (QED) is 0.466. The van der Waals surface area contributed by atoms with Crippen LogP contribution in [0.4, 0.5) is 4.39 Å². The molecule has 0 heterocycles. The first-order chi connectivity index (χ1) is 11.1. The average Bonchev–Trinajstić information content (AvgIpc) is 2.56. The number of nitriles is 1. The highest BCUT2D eigenvalue weighted by Gasteiger charge is 2.10. The summed E-state index contributed by atoms with van der Waals surface area (Å²) in [6.45, 7) is 1.98. The largest absolute Gasteiger partial charge is 0.423 e. The van der Waals surface area contributed by atoms with Crippen LogP contribution in [0.2, 0.25) is 0 Å². The van der Waals surface area contributed by atoms with Crippen molar-refractivity contribution in [3.05, 3.63) is 77.1 Å². The Hall–Kier alpha value is -2.93. The molecule has 0 saturated heterocycles. The Morgan fingerprint density at radius 2 is 2.00 bits per heavy atom. The lowest BCUT2D eigenvalue weighted by molar-refractivity contribution is 0.0734. The fraction of sp³-hybridized carbons (Fsp3) is 0.158. The smallest absolute Gasteiger partial charge is 0.343 e. The summed E-state index contributed by atoms with van der Waals surface area (Å²) in [6, 6.07) is 12.5. The Labute approximate surface area is 134 Å². The molecule has 0 bridgehead atoms. The van der Waals surface area contributed by atoms with Crippen LogP contribution in [-0.4, -0.2) is 5.97 Å². The molecular weight excluding hydrogens is 293 g/mol. The molecule has 0 radical (unpaired) electrons. The molecule has 4 heteroatoms. The van der Waals surface area contributed by atoms with Crippen LogP contribution in [0.25, 0.3) is 0 Å². The standard InChI is InChI=1S/C19H16FNO2/c1-2-3-4-5-14-6-8-15(9-7-14)19(22)23-17-11-10-16(13-21)18(20)12-17/h2-3,6-12H,4-5H2,1H3. The fourth-order valence-corrected chi connectivity index (χ4v) is 2.04. The van der Waals surface area contributed by atoms with Crippen LogP contribution >= 0.6 is 0 Å². The minimum absolute atomic E-state index is 0.0728. The van der Waals surface area contributed by atoms with Gasteiger partial charge < -0.3 is 4.74 Å². The maximum Gasteiger partial charge on any atom is 0.343 e. The molecule has 0 N–H and O–H groups in total. The van der Waals surface area contributed by atoms with Gasteiger partial charge in [0.25, 0.3) is 0 Å². The van der Waals surface area contributed by atoms with Gasteiger partial charge in [-0.3, -0.25) is 0 Å². The molecule has 0 aliphatic heterocycles. The Kier molecular flexibility index (Phi) is 5.65. The third-order valence-corrected chi connectivity index (χ3v) is 3.30. The van der Waals surface area contributed by atoms with Gasteiger partial charge in [-0.05, 0) is 49.6 Å². The van der Waals surface area contributed by atoms with Crippen LogP contribution in [-0.2, 0) is 6.42 Å². The lowest BCUT2D eigenvalue weighted by atomic mass is 10.1. The lowest BCUT2D eigenvalue weighted by Gasteiger charge is -2.06. The van der Waals surface area contributed by atoms with E-state index in [9.17, 15) is 9.18 Å². The molecule has 0 aliphatic carbocycles. The molecule has 2 rings (SSSR count). The minimum Gasteiger partial charge on any atom is -0.423 e. The third-order valence-electron chi connectivity index (χ3n) is 3.30. The highest BCUT2D eigenvalue weighted by atomic mass is 19.1. The number of hydrogen-bond acceptors (Lipinski definition) is 3. The van der Waals surface area contributed by atoms with E-state index in [1.165, 1.54) is 12.1 Å². The summed E-state index contributed by atoms with van der Waals surface area (Å²) in [4.78, 5) is 12.0. The fourth-order valence-electron chi connectivity index (χ4n) is 2.04. The molecule has 0 aliphatic rings. The molecule has 116 valence electrons. The van der Waals surface area contributed by atoms with E-state index < -0.39 is 11.8 Å². The highest BCUT2D eigenvalue weighted by Crippen LogP contribution is 2.18. The van der Waals surface area contributed by atoms with Gasteiger partial charge >= 0.3 is 5.97 Å². The van der Waals surface area contributed by atoms with E-state index >= 15 is 0 Å². The first-order valence-electron chi connectivity index (χ1n) is 7.26. The second-order valence-electron chi connectivity index (χ2n) is 4.95. The molecule has 3 nitrogen and oxygen atoms in total. The number of carbonyl (C=O) groups is 1. The predicted molar refractivity (Wildman–Crippen MR) is 85.7 cm³/mol. The highest BCUT2D eigenvalue weighted by molar-refractivity contribution is 5.91. The van der Waals surface area contributed by atoms with Gasteiger partial charge in [0.15, 0.2) is 0 Å². The van der Waals surface area contributed by atoms with Crippen molar-refractivity contribution >= 4 is 5.97 Å². The number of esters is 1. The summed E-state index contributed by atoms with van der Waals surface area (Å²) >= 11 is 0. The topological polar surface area (TPSA) is 50.1 Å². The number of carbonyl (C=O) groups excluding carboxylic acids is 1. The van der Waals surface area contributed by atoms with Crippen molar-refractivity contribution in [1.82, 2.24) is 0 Å². The number of halogens is 1. The van der Waals surface area contributed by atoms with E-state index in [0.29, 0.717) is 5.56 Å². The maximum atomic E-state index is 13.5. The number of nitrogens with zero attached hydrogens (tertiary/aromatic N) is 1. The van der Waals surface area contributed by atoms with Crippen LogP contribution in [0.1, 0.15) is 34.8 Å². The van der Waals surface area contributed by atoms with Crippen LogP contribution in [0.5, 0.6) is 5.75 Å². The van der Waals surface area contributed by atoms with Crippen molar-refractivity contribution in [3.8, 4) is 11.8 Å². The number of ether oxygens (including phenoxy) is 1. The molecular formula is C19H16FNO2. The summed E-state index contributed by atoms with van der Waals surface area (Å²) in [5, 5.41) is 8.67. The summed E-state index contributed by atoms with van der Waals surface area (Å²) < 4.78 is 18.6. The maximum absolute atomic E-state index is 13.5. The number of rotatable bonds is 5. The van der Waals surface area contributed by atoms with Gasteiger partial charge in [-0.1, -0.05) is 24.3 Å². The molecule has 0 saturated carbocycles. The Morgan fingerprint density at radius 3 is 2.61 bits per heavy atom. The van der Waals surface area contributed by atoms with Crippen LogP contribution < -0.4 is 4.74 Å². The predicted octanol–water partition coefficient (Wildman–Crippen LogP) is 4.43. The van der Waals surface area contributed by atoms with Crippen molar-refractivity contribution in [2.45, 2.75) is 19.8 Å². The van der Waals surface area contributed by atoms with Gasteiger partial charge in [-0.25, -0.2) is 9.18 Å². The van der Waals surface area contributed by atoms with Gasteiger partial charge in [0.2, 0.25) is 0 Å². The van der Waals surface area contributed by atoms with Crippen molar-refractivity contribution in [3.63, 3.8) is 0 Å².